The SMILES string of the molecule is C[C@H](C(=O)NC1CCCCC1)N1CCN(c2ccc(Cl)cc2)CC1. The molecule has 4 nitrogen and oxygen atoms in total. The Morgan fingerprint density at radius 2 is 1.71 bits per heavy atom. The zero-order chi connectivity index (χ0) is 16.9. The van der Waals surface area contributed by atoms with Crippen LogP contribution in [0.2, 0.25) is 5.02 Å². The molecule has 1 saturated carbocycles. The van der Waals surface area contributed by atoms with Crippen molar-refractivity contribution in [2.24, 2.45) is 0 Å². The van der Waals surface area contributed by atoms with E-state index in [1.54, 1.807) is 0 Å². The van der Waals surface area contributed by atoms with Crippen LogP contribution in [0.15, 0.2) is 24.3 Å². The number of rotatable bonds is 4. The lowest BCUT2D eigenvalue weighted by Crippen LogP contribution is -2.55. The second kappa shape index (κ2) is 8.21. The van der Waals surface area contributed by atoms with Crippen molar-refractivity contribution in [2.45, 2.75) is 51.1 Å². The lowest BCUT2D eigenvalue weighted by molar-refractivity contribution is -0.127. The molecule has 1 aliphatic carbocycles. The average molecular weight is 350 g/mol. The van der Waals surface area contributed by atoms with Gasteiger partial charge in [0.2, 0.25) is 5.91 Å². The lowest BCUT2D eigenvalue weighted by atomic mass is 9.95. The van der Waals surface area contributed by atoms with Crippen molar-refractivity contribution in [3.8, 4) is 0 Å². The van der Waals surface area contributed by atoms with Gasteiger partial charge in [0.1, 0.15) is 0 Å². The molecular formula is C19H28ClN3O. The summed E-state index contributed by atoms with van der Waals surface area (Å²) in [6.07, 6.45) is 6.10. The monoisotopic (exact) mass is 349 g/mol. The van der Waals surface area contributed by atoms with Crippen molar-refractivity contribution in [2.75, 3.05) is 31.1 Å². The van der Waals surface area contributed by atoms with Crippen LogP contribution in [0.5, 0.6) is 0 Å². The van der Waals surface area contributed by atoms with Crippen molar-refractivity contribution in [1.82, 2.24) is 10.2 Å². The number of piperazine rings is 1. The fourth-order valence-electron chi connectivity index (χ4n) is 3.75. The first-order valence-corrected chi connectivity index (χ1v) is 9.56. The Bertz CT molecular complexity index is 534. The Morgan fingerprint density at radius 1 is 1.08 bits per heavy atom. The molecule has 2 aliphatic rings. The van der Waals surface area contributed by atoms with Crippen LogP contribution in [0.4, 0.5) is 5.69 Å². The third-order valence-corrected chi connectivity index (χ3v) is 5.64. The largest absolute Gasteiger partial charge is 0.369 e. The first-order chi connectivity index (χ1) is 11.6. The maximum absolute atomic E-state index is 12.5. The number of hydrogen-bond donors (Lipinski definition) is 1. The third-order valence-electron chi connectivity index (χ3n) is 5.38. The Balaban J connectivity index is 1.48. The molecule has 1 heterocycles. The Labute approximate surface area is 150 Å². The Hall–Kier alpha value is -1.26. The number of hydrogen-bond acceptors (Lipinski definition) is 3. The third kappa shape index (κ3) is 4.42. The van der Waals surface area contributed by atoms with E-state index in [4.69, 9.17) is 11.6 Å². The van der Waals surface area contributed by atoms with E-state index in [-0.39, 0.29) is 11.9 Å². The molecule has 1 aromatic rings. The molecule has 1 aromatic carbocycles. The molecule has 1 saturated heterocycles. The summed E-state index contributed by atoms with van der Waals surface area (Å²) >= 11 is 5.96. The van der Waals surface area contributed by atoms with Gasteiger partial charge in [-0.25, -0.2) is 0 Å². The number of carbonyl (C=O) groups excluding carboxylic acids is 1. The first-order valence-electron chi connectivity index (χ1n) is 9.18. The summed E-state index contributed by atoms with van der Waals surface area (Å²) in [5.41, 5.74) is 1.21. The summed E-state index contributed by atoms with van der Waals surface area (Å²) < 4.78 is 0. The standard InChI is InChI=1S/C19H28ClN3O/c1-15(19(24)21-17-5-3-2-4-6-17)22-11-13-23(14-12-22)18-9-7-16(20)8-10-18/h7-10,15,17H,2-6,11-14H2,1H3,(H,21,24)/t15-/m1/s1. The molecule has 0 aromatic heterocycles. The van der Waals surface area contributed by atoms with Gasteiger partial charge < -0.3 is 10.2 Å². The van der Waals surface area contributed by atoms with Crippen LogP contribution in [0.3, 0.4) is 0 Å². The van der Waals surface area contributed by atoms with Gasteiger partial charge in [-0.1, -0.05) is 30.9 Å². The van der Waals surface area contributed by atoms with Crippen molar-refractivity contribution in [3.63, 3.8) is 0 Å². The van der Waals surface area contributed by atoms with Gasteiger partial charge in [-0.3, -0.25) is 9.69 Å². The highest BCUT2D eigenvalue weighted by Gasteiger charge is 2.27. The van der Waals surface area contributed by atoms with Gasteiger partial charge in [0.05, 0.1) is 6.04 Å². The van der Waals surface area contributed by atoms with Crippen LogP contribution in [0, 0.1) is 0 Å². The highest BCUT2D eigenvalue weighted by atomic mass is 35.5. The van der Waals surface area contributed by atoms with Crippen LogP contribution in [0.1, 0.15) is 39.0 Å². The molecule has 1 amide bonds. The molecular weight excluding hydrogens is 322 g/mol. The van der Waals surface area contributed by atoms with Crippen molar-refractivity contribution in [3.05, 3.63) is 29.3 Å². The number of carbonyl (C=O) groups is 1. The molecule has 0 unspecified atom stereocenters. The van der Waals surface area contributed by atoms with E-state index in [0.29, 0.717) is 6.04 Å². The van der Waals surface area contributed by atoms with Crippen LogP contribution >= 0.6 is 11.6 Å². The minimum absolute atomic E-state index is 0.0423. The van der Waals surface area contributed by atoms with Gasteiger partial charge in [0, 0.05) is 42.9 Å². The Morgan fingerprint density at radius 3 is 2.33 bits per heavy atom. The number of halogens is 1. The molecule has 1 N–H and O–H groups in total. The van der Waals surface area contributed by atoms with Gasteiger partial charge in [-0.15, -0.1) is 0 Å². The predicted molar refractivity (Wildman–Crippen MR) is 99.7 cm³/mol. The van der Waals surface area contributed by atoms with Crippen LogP contribution in [-0.2, 0) is 4.79 Å². The minimum atomic E-state index is -0.0423. The van der Waals surface area contributed by atoms with E-state index in [9.17, 15) is 4.79 Å². The van der Waals surface area contributed by atoms with Crippen LogP contribution in [-0.4, -0.2) is 49.1 Å². The summed E-state index contributed by atoms with van der Waals surface area (Å²) in [5, 5.41) is 4.03. The summed E-state index contributed by atoms with van der Waals surface area (Å²) in [6.45, 7) is 5.77. The van der Waals surface area contributed by atoms with E-state index in [1.807, 2.05) is 19.1 Å². The zero-order valence-electron chi connectivity index (χ0n) is 14.5. The van der Waals surface area contributed by atoms with E-state index in [2.05, 4.69) is 27.2 Å². The minimum Gasteiger partial charge on any atom is -0.369 e. The highest BCUT2D eigenvalue weighted by Crippen LogP contribution is 2.21. The van der Waals surface area contributed by atoms with Crippen molar-refractivity contribution in [1.29, 1.82) is 0 Å². The topological polar surface area (TPSA) is 35.6 Å². The van der Waals surface area contributed by atoms with Crippen molar-refractivity contribution >= 4 is 23.2 Å². The first kappa shape index (κ1) is 17.6. The second-order valence-electron chi connectivity index (χ2n) is 7.02. The molecule has 1 atom stereocenters. The fraction of sp³-hybridized carbons (Fsp3) is 0.632. The maximum atomic E-state index is 12.5. The van der Waals surface area contributed by atoms with Crippen LogP contribution < -0.4 is 10.2 Å². The number of amides is 1. The van der Waals surface area contributed by atoms with Gasteiger partial charge in [0.25, 0.3) is 0 Å². The van der Waals surface area contributed by atoms with E-state index in [1.165, 1.54) is 24.9 Å². The second-order valence-corrected chi connectivity index (χ2v) is 7.46. The smallest absolute Gasteiger partial charge is 0.237 e. The van der Waals surface area contributed by atoms with E-state index >= 15 is 0 Å². The van der Waals surface area contributed by atoms with Gasteiger partial charge in [-0.05, 0) is 44.0 Å². The molecule has 5 heteroatoms. The summed E-state index contributed by atoms with van der Waals surface area (Å²) in [7, 11) is 0. The number of benzene rings is 1. The molecule has 24 heavy (non-hydrogen) atoms. The van der Waals surface area contributed by atoms with Gasteiger partial charge in [0.15, 0.2) is 0 Å². The lowest BCUT2D eigenvalue weighted by Gasteiger charge is -2.39. The summed E-state index contributed by atoms with van der Waals surface area (Å²) in [4.78, 5) is 17.2. The highest BCUT2D eigenvalue weighted by molar-refractivity contribution is 6.30. The predicted octanol–water partition coefficient (Wildman–Crippen LogP) is 3.30. The molecule has 132 valence electrons. The molecule has 0 radical (unpaired) electrons. The molecule has 0 spiro atoms. The number of nitrogens with zero attached hydrogens (tertiary/aromatic N) is 2. The van der Waals surface area contributed by atoms with Crippen molar-refractivity contribution < 1.29 is 4.79 Å². The van der Waals surface area contributed by atoms with E-state index < -0.39 is 0 Å². The number of anilines is 1. The summed E-state index contributed by atoms with van der Waals surface area (Å²) in [5.74, 6) is 0.196. The molecule has 1 aliphatic heterocycles. The zero-order valence-corrected chi connectivity index (χ0v) is 15.3. The van der Waals surface area contributed by atoms with E-state index in [0.717, 1.165) is 44.0 Å². The average Bonchev–Trinajstić information content (AvgIpc) is 2.63. The Kier molecular flexibility index (Phi) is 6.01. The normalized spacial score (nSPS) is 21.5. The number of nitrogens with one attached hydrogen (secondary N) is 1. The molecule has 2 fully saturated rings. The van der Waals surface area contributed by atoms with Crippen LogP contribution in [0.25, 0.3) is 0 Å². The summed E-state index contributed by atoms with van der Waals surface area (Å²) in [6, 6.07) is 8.35. The fourth-order valence-corrected chi connectivity index (χ4v) is 3.88. The molecule has 0 bridgehead atoms. The van der Waals surface area contributed by atoms with Gasteiger partial charge in [-0.2, -0.15) is 0 Å². The molecule has 3 rings (SSSR count). The maximum Gasteiger partial charge on any atom is 0.237 e. The van der Waals surface area contributed by atoms with Gasteiger partial charge >= 0.3 is 0 Å². The quantitative estimate of drug-likeness (QED) is 0.906.